The lowest BCUT2D eigenvalue weighted by atomic mass is 10.0. The van der Waals surface area contributed by atoms with E-state index < -0.39 is 18.0 Å². The SMILES string of the molecule is N#CC1CN(C(=O)N2CC(C(=O)O)C2)CCO1. The number of nitriles is 1. The van der Waals surface area contributed by atoms with Crippen molar-refractivity contribution in [1.82, 2.24) is 9.80 Å². The summed E-state index contributed by atoms with van der Waals surface area (Å²) in [6.07, 6.45) is -0.579. The lowest BCUT2D eigenvalue weighted by Gasteiger charge is -2.41. The van der Waals surface area contributed by atoms with Gasteiger partial charge in [-0.3, -0.25) is 4.79 Å². The summed E-state index contributed by atoms with van der Waals surface area (Å²) in [7, 11) is 0. The van der Waals surface area contributed by atoms with Crippen LogP contribution in [0.2, 0.25) is 0 Å². The van der Waals surface area contributed by atoms with Gasteiger partial charge < -0.3 is 19.6 Å². The maximum Gasteiger partial charge on any atom is 0.320 e. The summed E-state index contributed by atoms with van der Waals surface area (Å²) in [6, 6.07) is 1.76. The first-order valence-corrected chi connectivity index (χ1v) is 5.39. The summed E-state index contributed by atoms with van der Waals surface area (Å²) in [5, 5.41) is 17.4. The summed E-state index contributed by atoms with van der Waals surface area (Å²) < 4.78 is 5.13. The molecule has 0 radical (unpaired) electrons. The molecule has 92 valence electrons. The number of hydrogen-bond acceptors (Lipinski definition) is 4. The Labute approximate surface area is 98.2 Å². The fourth-order valence-corrected chi connectivity index (χ4v) is 1.89. The van der Waals surface area contributed by atoms with Gasteiger partial charge in [-0.15, -0.1) is 0 Å². The number of rotatable bonds is 1. The molecule has 2 heterocycles. The zero-order valence-electron chi connectivity index (χ0n) is 9.20. The Morgan fingerprint density at radius 2 is 2.00 bits per heavy atom. The van der Waals surface area contributed by atoms with Crippen LogP contribution in [-0.2, 0) is 9.53 Å². The van der Waals surface area contributed by atoms with E-state index in [9.17, 15) is 9.59 Å². The second-order valence-corrected chi connectivity index (χ2v) is 4.16. The number of ether oxygens (including phenoxy) is 1. The summed E-state index contributed by atoms with van der Waals surface area (Å²) in [5.74, 6) is -1.32. The first-order valence-electron chi connectivity index (χ1n) is 5.39. The number of amides is 2. The minimum Gasteiger partial charge on any atom is -0.481 e. The third kappa shape index (κ3) is 2.31. The average molecular weight is 239 g/mol. The van der Waals surface area contributed by atoms with Crippen LogP contribution in [0.15, 0.2) is 0 Å². The monoisotopic (exact) mass is 239 g/mol. The minimum absolute atomic E-state index is 0.203. The molecular formula is C10H13N3O4. The molecule has 17 heavy (non-hydrogen) atoms. The molecule has 2 rings (SSSR count). The highest BCUT2D eigenvalue weighted by Gasteiger charge is 2.38. The van der Waals surface area contributed by atoms with Gasteiger partial charge in [0.05, 0.1) is 25.1 Å². The number of carbonyl (C=O) groups is 2. The number of aliphatic carboxylic acids is 1. The Morgan fingerprint density at radius 1 is 1.29 bits per heavy atom. The van der Waals surface area contributed by atoms with Crippen LogP contribution in [0.5, 0.6) is 0 Å². The molecule has 0 spiro atoms. The Balaban J connectivity index is 1.85. The number of carbonyl (C=O) groups excluding carboxylic acids is 1. The summed E-state index contributed by atoms with van der Waals surface area (Å²) >= 11 is 0. The molecule has 2 fully saturated rings. The molecule has 2 aliphatic rings. The van der Waals surface area contributed by atoms with E-state index in [1.165, 1.54) is 9.80 Å². The van der Waals surface area contributed by atoms with Crippen LogP contribution in [0.1, 0.15) is 0 Å². The molecule has 0 bridgehead atoms. The van der Waals surface area contributed by atoms with E-state index in [-0.39, 0.29) is 25.7 Å². The van der Waals surface area contributed by atoms with Gasteiger partial charge in [-0.1, -0.05) is 0 Å². The summed E-state index contributed by atoms with van der Waals surface area (Å²) in [6.45, 7) is 1.56. The lowest BCUT2D eigenvalue weighted by molar-refractivity contribution is -0.146. The Hall–Kier alpha value is -1.81. The van der Waals surface area contributed by atoms with Gasteiger partial charge in [-0.05, 0) is 0 Å². The van der Waals surface area contributed by atoms with Crippen LogP contribution in [-0.4, -0.2) is 65.8 Å². The Morgan fingerprint density at radius 3 is 2.59 bits per heavy atom. The van der Waals surface area contributed by atoms with Crippen molar-refractivity contribution in [1.29, 1.82) is 5.26 Å². The zero-order valence-corrected chi connectivity index (χ0v) is 9.20. The van der Waals surface area contributed by atoms with Crippen LogP contribution < -0.4 is 0 Å². The van der Waals surface area contributed by atoms with E-state index >= 15 is 0 Å². The van der Waals surface area contributed by atoms with Gasteiger partial charge in [0.25, 0.3) is 0 Å². The molecule has 1 unspecified atom stereocenters. The molecule has 7 heteroatoms. The number of nitrogens with zero attached hydrogens (tertiary/aromatic N) is 3. The highest BCUT2D eigenvalue weighted by molar-refractivity contribution is 5.80. The third-order valence-corrected chi connectivity index (χ3v) is 2.98. The second-order valence-electron chi connectivity index (χ2n) is 4.16. The number of carboxylic acid groups (broad SMARTS) is 1. The molecule has 0 aliphatic carbocycles. The molecule has 1 atom stereocenters. The summed E-state index contributed by atoms with van der Waals surface area (Å²) in [4.78, 5) is 25.5. The lowest BCUT2D eigenvalue weighted by Crippen LogP contribution is -2.59. The van der Waals surface area contributed by atoms with Crippen LogP contribution in [0.3, 0.4) is 0 Å². The zero-order chi connectivity index (χ0) is 12.4. The van der Waals surface area contributed by atoms with Gasteiger partial charge in [0.1, 0.15) is 0 Å². The van der Waals surface area contributed by atoms with E-state index in [2.05, 4.69) is 0 Å². The number of carboxylic acids is 1. The van der Waals surface area contributed by atoms with Crippen molar-refractivity contribution in [2.24, 2.45) is 5.92 Å². The van der Waals surface area contributed by atoms with Crippen LogP contribution in [0.25, 0.3) is 0 Å². The van der Waals surface area contributed by atoms with Crippen LogP contribution >= 0.6 is 0 Å². The smallest absolute Gasteiger partial charge is 0.320 e. The molecule has 2 saturated heterocycles. The standard InChI is InChI=1S/C10H13N3O4/c11-3-8-6-12(1-2-17-8)10(16)13-4-7(5-13)9(14)15/h7-8H,1-2,4-6H2,(H,14,15). The predicted molar refractivity (Wildman–Crippen MR) is 55.0 cm³/mol. The number of urea groups is 1. The maximum atomic E-state index is 11.9. The fraction of sp³-hybridized carbons (Fsp3) is 0.700. The van der Waals surface area contributed by atoms with Crippen molar-refractivity contribution in [3.05, 3.63) is 0 Å². The molecule has 7 nitrogen and oxygen atoms in total. The van der Waals surface area contributed by atoms with E-state index in [1.54, 1.807) is 0 Å². The van der Waals surface area contributed by atoms with Crippen molar-refractivity contribution in [2.45, 2.75) is 6.10 Å². The topological polar surface area (TPSA) is 93.9 Å². The van der Waals surface area contributed by atoms with Gasteiger partial charge in [-0.25, -0.2) is 4.79 Å². The molecule has 2 amide bonds. The molecular weight excluding hydrogens is 226 g/mol. The highest BCUT2D eigenvalue weighted by Crippen LogP contribution is 2.18. The fourth-order valence-electron chi connectivity index (χ4n) is 1.89. The molecule has 0 aromatic rings. The number of likely N-dealkylation sites (tertiary alicyclic amines) is 1. The van der Waals surface area contributed by atoms with Crippen LogP contribution in [0, 0.1) is 17.2 Å². The van der Waals surface area contributed by atoms with Crippen molar-refractivity contribution in [3.63, 3.8) is 0 Å². The predicted octanol–water partition coefficient (Wildman–Crippen LogP) is -0.653. The number of hydrogen-bond donors (Lipinski definition) is 1. The van der Waals surface area contributed by atoms with Gasteiger partial charge in [0, 0.05) is 19.6 Å². The molecule has 2 aliphatic heterocycles. The van der Waals surface area contributed by atoms with Crippen LogP contribution in [0.4, 0.5) is 4.79 Å². The van der Waals surface area contributed by atoms with E-state index in [0.717, 1.165) is 0 Å². The van der Waals surface area contributed by atoms with E-state index in [1.807, 2.05) is 6.07 Å². The van der Waals surface area contributed by atoms with Crippen molar-refractivity contribution in [2.75, 3.05) is 32.8 Å². The molecule has 0 saturated carbocycles. The first-order chi connectivity index (χ1) is 8.11. The van der Waals surface area contributed by atoms with Crippen molar-refractivity contribution < 1.29 is 19.4 Å². The number of morpholine rings is 1. The first kappa shape index (κ1) is 11.7. The third-order valence-electron chi connectivity index (χ3n) is 2.98. The largest absolute Gasteiger partial charge is 0.481 e. The average Bonchev–Trinajstić information content (AvgIpc) is 2.26. The van der Waals surface area contributed by atoms with Gasteiger partial charge in [0.2, 0.25) is 0 Å². The molecule has 0 aromatic carbocycles. The Kier molecular flexibility index (Phi) is 3.15. The second kappa shape index (κ2) is 4.59. The Bertz CT molecular complexity index is 372. The molecule has 0 aromatic heterocycles. The normalized spacial score (nSPS) is 25.0. The van der Waals surface area contributed by atoms with Crippen molar-refractivity contribution >= 4 is 12.0 Å². The minimum atomic E-state index is -0.870. The molecule has 1 N–H and O–H groups in total. The van der Waals surface area contributed by atoms with Gasteiger partial charge in [0.15, 0.2) is 6.10 Å². The quantitative estimate of drug-likeness (QED) is 0.656. The maximum absolute atomic E-state index is 11.9. The summed E-state index contributed by atoms with van der Waals surface area (Å²) in [5.41, 5.74) is 0. The van der Waals surface area contributed by atoms with Gasteiger partial charge >= 0.3 is 12.0 Å². The van der Waals surface area contributed by atoms with E-state index in [4.69, 9.17) is 15.1 Å². The van der Waals surface area contributed by atoms with Crippen molar-refractivity contribution in [3.8, 4) is 6.07 Å². The highest BCUT2D eigenvalue weighted by atomic mass is 16.5. The van der Waals surface area contributed by atoms with Gasteiger partial charge in [-0.2, -0.15) is 5.26 Å². The van der Waals surface area contributed by atoms with E-state index in [0.29, 0.717) is 13.2 Å².